The normalized spacial score (nSPS) is 11.3. The Labute approximate surface area is 162 Å². The van der Waals surface area contributed by atoms with Crippen LogP contribution >= 0.6 is 0 Å². The van der Waals surface area contributed by atoms with Crippen molar-refractivity contribution in [1.82, 2.24) is 5.32 Å². The Morgan fingerprint density at radius 3 is 2.79 bits per heavy atom. The molecule has 1 aromatic heterocycles. The molecule has 1 heterocycles. The number of carboxylic acid groups (broad SMARTS) is 1. The van der Waals surface area contributed by atoms with Crippen LogP contribution in [0.5, 0.6) is 5.75 Å². The number of hydrogen-bond acceptors (Lipinski definition) is 6. The van der Waals surface area contributed by atoms with Gasteiger partial charge in [0.1, 0.15) is 12.3 Å². The van der Waals surface area contributed by atoms with Gasteiger partial charge in [-0.15, -0.1) is 0 Å². The van der Waals surface area contributed by atoms with Crippen molar-refractivity contribution in [3.63, 3.8) is 0 Å². The number of carbonyl (C=O) groups is 3. The number of ether oxygens (including phenoxy) is 2. The number of benzene rings is 1. The van der Waals surface area contributed by atoms with E-state index in [9.17, 15) is 14.4 Å². The predicted molar refractivity (Wildman–Crippen MR) is 102 cm³/mol. The maximum Gasteiger partial charge on any atom is 0.325 e. The second-order valence-electron chi connectivity index (χ2n) is 5.98. The number of carboxylic acids is 1. The zero-order valence-electron chi connectivity index (χ0n) is 15.8. The quantitative estimate of drug-likeness (QED) is 0.365. The minimum absolute atomic E-state index is 0.0299. The monoisotopic (exact) mass is 389 g/mol. The van der Waals surface area contributed by atoms with Crippen molar-refractivity contribution in [3.05, 3.63) is 36.1 Å². The average molecular weight is 389 g/mol. The van der Waals surface area contributed by atoms with Gasteiger partial charge < -0.3 is 24.3 Å². The summed E-state index contributed by atoms with van der Waals surface area (Å²) in [5, 5.41) is 11.9. The lowest BCUT2D eigenvalue weighted by molar-refractivity contribution is -0.143. The van der Waals surface area contributed by atoms with Crippen LogP contribution in [0.15, 0.2) is 34.8 Å². The van der Waals surface area contributed by atoms with E-state index in [4.69, 9.17) is 19.0 Å². The molecule has 0 spiro atoms. The minimum Gasteiger partial charge on any atom is -0.490 e. The first kappa shape index (κ1) is 21.0. The van der Waals surface area contributed by atoms with E-state index in [0.717, 1.165) is 5.39 Å². The molecule has 0 atom stereocenters. The Kier molecular flexibility index (Phi) is 7.62. The van der Waals surface area contributed by atoms with Crippen LogP contribution in [-0.2, 0) is 19.1 Å². The van der Waals surface area contributed by atoms with Crippen LogP contribution in [0, 0.1) is 0 Å². The van der Waals surface area contributed by atoms with E-state index in [1.54, 1.807) is 32.0 Å². The van der Waals surface area contributed by atoms with Crippen molar-refractivity contribution < 1.29 is 33.4 Å². The third kappa shape index (κ3) is 6.15. The van der Waals surface area contributed by atoms with Gasteiger partial charge in [0.05, 0.1) is 13.2 Å². The first-order valence-corrected chi connectivity index (χ1v) is 8.90. The topological polar surface area (TPSA) is 115 Å². The van der Waals surface area contributed by atoms with E-state index in [1.807, 2.05) is 6.07 Å². The number of aliphatic carboxylic acids is 1. The Balaban J connectivity index is 2.06. The number of allylic oxidation sites excluding steroid dienone is 1. The molecule has 28 heavy (non-hydrogen) atoms. The van der Waals surface area contributed by atoms with Gasteiger partial charge in [0.25, 0.3) is 0 Å². The number of para-hydroxylation sites is 1. The Morgan fingerprint density at radius 2 is 2.07 bits per heavy atom. The van der Waals surface area contributed by atoms with Crippen molar-refractivity contribution >= 4 is 34.4 Å². The fourth-order valence-corrected chi connectivity index (χ4v) is 2.44. The van der Waals surface area contributed by atoms with Crippen LogP contribution in [0.2, 0.25) is 0 Å². The molecule has 0 radical (unpaired) electrons. The molecular formula is C20H23NO7. The van der Waals surface area contributed by atoms with Gasteiger partial charge in [-0.2, -0.15) is 0 Å². The Hall–Kier alpha value is -3.29. The highest BCUT2D eigenvalue weighted by Crippen LogP contribution is 2.31. The molecule has 0 fully saturated rings. The van der Waals surface area contributed by atoms with Crippen LogP contribution < -0.4 is 10.1 Å². The van der Waals surface area contributed by atoms with Crippen LogP contribution in [0.25, 0.3) is 16.5 Å². The van der Waals surface area contributed by atoms with Gasteiger partial charge in [0.15, 0.2) is 11.3 Å². The summed E-state index contributed by atoms with van der Waals surface area (Å²) in [6.07, 6.45) is 1.76. The van der Waals surface area contributed by atoms with Gasteiger partial charge in [-0.25, -0.2) is 0 Å². The lowest BCUT2D eigenvalue weighted by Gasteiger charge is -2.05. The molecule has 2 aromatic rings. The number of rotatable bonds is 10. The SMILES string of the molecule is CCOC(=O)CNC(=O)/C=C(/C)c1cc2cccc(OCCCC(=O)O)c2o1. The average Bonchev–Trinajstić information content (AvgIpc) is 3.09. The van der Waals surface area contributed by atoms with E-state index < -0.39 is 17.8 Å². The second kappa shape index (κ2) is 10.1. The number of nitrogens with one attached hydrogen (secondary N) is 1. The Morgan fingerprint density at radius 1 is 1.29 bits per heavy atom. The van der Waals surface area contributed by atoms with Gasteiger partial charge in [-0.3, -0.25) is 14.4 Å². The number of amides is 1. The lowest BCUT2D eigenvalue weighted by Crippen LogP contribution is -2.29. The van der Waals surface area contributed by atoms with Gasteiger partial charge in [-0.1, -0.05) is 12.1 Å². The maximum atomic E-state index is 11.9. The number of esters is 1. The van der Waals surface area contributed by atoms with Crippen LogP contribution in [0.3, 0.4) is 0 Å². The van der Waals surface area contributed by atoms with Gasteiger partial charge >= 0.3 is 11.9 Å². The van der Waals surface area contributed by atoms with Crippen LogP contribution in [-0.4, -0.2) is 42.7 Å². The molecule has 0 unspecified atom stereocenters. The molecule has 0 saturated heterocycles. The molecule has 0 aliphatic carbocycles. The number of carbonyl (C=O) groups excluding carboxylic acids is 2. The van der Waals surface area contributed by atoms with E-state index >= 15 is 0 Å². The predicted octanol–water partition coefficient (Wildman–Crippen LogP) is 2.76. The van der Waals surface area contributed by atoms with E-state index in [2.05, 4.69) is 5.32 Å². The summed E-state index contributed by atoms with van der Waals surface area (Å²) >= 11 is 0. The third-order valence-electron chi connectivity index (χ3n) is 3.75. The summed E-state index contributed by atoms with van der Waals surface area (Å²) in [5.41, 5.74) is 1.10. The Bertz CT molecular complexity index is 882. The largest absolute Gasteiger partial charge is 0.490 e. The van der Waals surface area contributed by atoms with Gasteiger partial charge in [0, 0.05) is 17.9 Å². The first-order valence-electron chi connectivity index (χ1n) is 8.90. The van der Waals surface area contributed by atoms with Crippen molar-refractivity contribution in [2.45, 2.75) is 26.7 Å². The standard InChI is InChI=1S/C20H23NO7/c1-3-26-19(25)12-21-17(22)10-13(2)16-11-14-6-4-7-15(20(14)28-16)27-9-5-8-18(23)24/h4,6-7,10-11H,3,5,8-9,12H2,1-2H3,(H,21,22)(H,23,24)/b13-10-. The summed E-state index contributed by atoms with van der Waals surface area (Å²) in [5.74, 6) is -0.813. The second-order valence-corrected chi connectivity index (χ2v) is 5.98. The lowest BCUT2D eigenvalue weighted by atomic mass is 10.2. The first-order chi connectivity index (χ1) is 13.4. The van der Waals surface area contributed by atoms with E-state index in [0.29, 0.717) is 29.1 Å². The fraction of sp³-hybridized carbons (Fsp3) is 0.350. The van der Waals surface area contributed by atoms with E-state index in [1.165, 1.54) is 6.08 Å². The van der Waals surface area contributed by atoms with Crippen molar-refractivity contribution in [3.8, 4) is 5.75 Å². The summed E-state index contributed by atoms with van der Waals surface area (Å²) in [6.45, 7) is 3.71. The van der Waals surface area contributed by atoms with E-state index in [-0.39, 0.29) is 26.2 Å². The highest BCUT2D eigenvalue weighted by molar-refractivity contribution is 5.97. The molecule has 0 aliphatic rings. The molecule has 1 amide bonds. The highest BCUT2D eigenvalue weighted by Gasteiger charge is 2.12. The maximum absolute atomic E-state index is 11.9. The van der Waals surface area contributed by atoms with Crippen molar-refractivity contribution in [2.24, 2.45) is 0 Å². The number of fused-ring (bicyclic) bond motifs is 1. The molecule has 2 rings (SSSR count). The zero-order valence-corrected chi connectivity index (χ0v) is 15.8. The molecule has 8 nitrogen and oxygen atoms in total. The molecule has 0 bridgehead atoms. The summed E-state index contributed by atoms with van der Waals surface area (Å²) in [4.78, 5) is 33.8. The molecule has 150 valence electrons. The summed E-state index contributed by atoms with van der Waals surface area (Å²) < 4.78 is 16.2. The van der Waals surface area contributed by atoms with Crippen molar-refractivity contribution in [1.29, 1.82) is 0 Å². The summed E-state index contributed by atoms with van der Waals surface area (Å²) in [6, 6.07) is 7.17. The fourth-order valence-electron chi connectivity index (χ4n) is 2.44. The zero-order chi connectivity index (χ0) is 20.5. The molecule has 8 heteroatoms. The van der Waals surface area contributed by atoms with Crippen LogP contribution in [0.1, 0.15) is 32.4 Å². The summed E-state index contributed by atoms with van der Waals surface area (Å²) in [7, 11) is 0. The molecule has 1 aromatic carbocycles. The number of furan rings is 1. The molecule has 2 N–H and O–H groups in total. The van der Waals surface area contributed by atoms with Gasteiger partial charge in [0.2, 0.25) is 5.91 Å². The smallest absolute Gasteiger partial charge is 0.325 e. The van der Waals surface area contributed by atoms with Crippen molar-refractivity contribution in [2.75, 3.05) is 19.8 Å². The number of hydrogen-bond donors (Lipinski definition) is 2. The highest BCUT2D eigenvalue weighted by atomic mass is 16.5. The third-order valence-corrected chi connectivity index (χ3v) is 3.75. The minimum atomic E-state index is -0.871. The molecule has 0 saturated carbocycles. The van der Waals surface area contributed by atoms with Crippen LogP contribution in [0.4, 0.5) is 0 Å². The van der Waals surface area contributed by atoms with Gasteiger partial charge in [-0.05, 0) is 38.0 Å². The molecule has 0 aliphatic heterocycles. The molecular weight excluding hydrogens is 366 g/mol.